The van der Waals surface area contributed by atoms with Gasteiger partial charge in [-0.15, -0.1) is 12.4 Å². The molecule has 0 aliphatic rings. The van der Waals surface area contributed by atoms with E-state index >= 15 is 0 Å². The number of halogens is 1. The van der Waals surface area contributed by atoms with Crippen LogP contribution >= 0.6 is 12.4 Å². The summed E-state index contributed by atoms with van der Waals surface area (Å²) in [5.74, 6) is 1.53. The van der Waals surface area contributed by atoms with Crippen LogP contribution in [0.15, 0.2) is 72.9 Å². The second-order valence-corrected chi connectivity index (χ2v) is 6.78. The van der Waals surface area contributed by atoms with Crippen molar-refractivity contribution in [2.75, 3.05) is 12.4 Å². The van der Waals surface area contributed by atoms with Gasteiger partial charge in [-0.25, -0.2) is 0 Å². The third-order valence-corrected chi connectivity index (χ3v) is 4.75. The molecule has 0 radical (unpaired) electrons. The number of fused-ring (bicyclic) bond motifs is 1. The van der Waals surface area contributed by atoms with E-state index in [4.69, 9.17) is 9.47 Å². The highest BCUT2D eigenvalue weighted by molar-refractivity contribution is 5.95. The first kappa shape index (κ1) is 21.3. The molecule has 0 aliphatic carbocycles. The van der Waals surface area contributed by atoms with E-state index in [2.05, 4.69) is 10.3 Å². The third-order valence-electron chi connectivity index (χ3n) is 4.75. The molecule has 154 valence electrons. The van der Waals surface area contributed by atoms with Gasteiger partial charge in [-0.3, -0.25) is 4.98 Å². The summed E-state index contributed by atoms with van der Waals surface area (Å²) in [5, 5.41) is 14.2. The molecule has 4 aromatic rings. The number of rotatable bonds is 6. The van der Waals surface area contributed by atoms with Crippen molar-refractivity contribution in [3.05, 3.63) is 84.1 Å². The summed E-state index contributed by atoms with van der Waals surface area (Å²) in [6.07, 6.45) is 1.74. The first-order valence-corrected chi connectivity index (χ1v) is 9.34. The fraction of sp³-hybridized carbons (Fsp3) is 0.125. The van der Waals surface area contributed by atoms with Crippen molar-refractivity contribution in [2.24, 2.45) is 0 Å². The van der Waals surface area contributed by atoms with Crippen LogP contribution in [0.4, 0.5) is 11.4 Å². The highest BCUT2D eigenvalue weighted by Crippen LogP contribution is 2.36. The predicted octanol–water partition coefficient (Wildman–Crippen LogP) is 6.00. The van der Waals surface area contributed by atoms with Gasteiger partial charge in [0.15, 0.2) is 11.5 Å². The van der Waals surface area contributed by atoms with Crippen molar-refractivity contribution in [1.29, 1.82) is 0 Å². The largest absolute Gasteiger partial charge is 0.508 e. The average molecular weight is 423 g/mol. The Morgan fingerprint density at radius 1 is 0.967 bits per heavy atom. The lowest BCUT2D eigenvalue weighted by Gasteiger charge is -2.15. The fourth-order valence-corrected chi connectivity index (χ4v) is 3.11. The molecule has 0 fully saturated rings. The molecular weight excluding hydrogens is 400 g/mol. The van der Waals surface area contributed by atoms with E-state index in [0.717, 1.165) is 33.4 Å². The van der Waals surface area contributed by atoms with Gasteiger partial charge in [0, 0.05) is 35.1 Å². The van der Waals surface area contributed by atoms with Gasteiger partial charge in [0.05, 0.1) is 12.6 Å². The second kappa shape index (κ2) is 9.37. The molecule has 1 aromatic heterocycles. The molecule has 4 rings (SSSR count). The van der Waals surface area contributed by atoms with Gasteiger partial charge >= 0.3 is 0 Å². The number of ether oxygens (including phenoxy) is 2. The van der Waals surface area contributed by atoms with E-state index in [9.17, 15) is 5.11 Å². The second-order valence-electron chi connectivity index (χ2n) is 6.78. The number of aromatic hydroxyl groups is 1. The molecule has 2 N–H and O–H groups in total. The van der Waals surface area contributed by atoms with Gasteiger partial charge in [0.1, 0.15) is 12.4 Å². The Balaban J connectivity index is 0.00000256. The number of nitrogens with zero attached hydrogens (tertiary/aromatic N) is 1. The molecule has 30 heavy (non-hydrogen) atoms. The van der Waals surface area contributed by atoms with E-state index in [0.29, 0.717) is 18.1 Å². The maximum absolute atomic E-state index is 9.97. The van der Waals surface area contributed by atoms with E-state index in [1.807, 2.05) is 67.6 Å². The Morgan fingerprint density at radius 2 is 1.77 bits per heavy atom. The van der Waals surface area contributed by atoms with Crippen molar-refractivity contribution in [3.63, 3.8) is 0 Å². The quantitative estimate of drug-likeness (QED) is 0.399. The van der Waals surface area contributed by atoms with Crippen LogP contribution in [0.5, 0.6) is 17.2 Å². The molecule has 0 atom stereocenters. The van der Waals surface area contributed by atoms with Crippen LogP contribution in [0, 0.1) is 6.92 Å². The van der Waals surface area contributed by atoms with E-state index in [1.165, 1.54) is 0 Å². The van der Waals surface area contributed by atoms with Crippen LogP contribution < -0.4 is 14.8 Å². The number of aryl methyl sites for hydroxylation is 1. The number of pyridine rings is 1. The molecule has 1 heterocycles. The molecular formula is C24H23ClN2O3. The Kier molecular flexibility index (Phi) is 6.65. The van der Waals surface area contributed by atoms with Crippen LogP contribution in [0.2, 0.25) is 0 Å². The summed E-state index contributed by atoms with van der Waals surface area (Å²) < 4.78 is 11.6. The lowest BCUT2D eigenvalue weighted by molar-refractivity contribution is 0.285. The summed E-state index contributed by atoms with van der Waals surface area (Å²) in [5.41, 5.74) is 4.36. The van der Waals surface area contributed by atoms with Crippen molar-refractivity contribution in [2.45, 2.75) is 13.5 Å². The van der Waals surface area contributed by atoms with Crippen LogP contribution in [0.25, 0.3) is 10.9 Å². The number of nitrogens with one attached hydrogen (secondary N) is 1. The molecule has 0 saturated heterocycles. The number of phenolic OH excluding ortho intramolecular Hbond substituents is 1. The number of hydrogen-bond acceptors (Lipinski definition) is 5. The number of aromatic nitrogens is 1. The van der Waals surface area contributed by atoms with E-state index in [-0.39, 0.29) is 18.2 Å². The van der Waals surface area contributed by atoms with Gasteiger partial charge in [-0.05, 0) is 36.2 Å². The minimum atomic E-state index is 0. The average Bonchev–Trinajstić information content (AvgIpc) is 2.75. The van der Waals surface area contributed by atoms with E-state index < -0.39 is 0 Å². The molecule has 3 aromatic carbocycles. The molecule has 0 bridgehead atoms. The summed E-state index contributed by atoms with van der Waals surface area (Å²) >= 11 is 0. The lowest BCUT2D eigenvalue weighted by Crippen LogP contribution is -1.99. The Morgan fingerprint density at radius 3 is 2.50 bits per heavy atom. The first-order valence-electron chi connectivity index (χ1n) is 9.34. The molecule has 0 aliphatic heterocycles. The Hall–Kier alpha value is -3.44. The van der Waals surface area contributed by atoms with E-state index in [1.54, 1.807) is 19.4 Å². The van der Waals surface area contributed by atoms with Gasteiger partial charge in [0.25, 0.3) is 0 Å². The highest BCUT2D eigenvalue weighted by Gasteiger charge is 2.11. The van der Waals surface area contributed by atoms with Crippen molar-refractivity contribution >= 4 is 34.7 Å². The molecule has 0 saturated carbocycles. The summed E-state index contributed by atoms with van der Waals surface area (Å²) in [7, 11) is 1.62. The Bertz CT molecular complexity index is 1150. The van der Waals surface area contributed by atoms with Crippen LogP contribution in [-0.2, 0) is 6.61 Å². The number of anilines is 2. The smallest absolute Gasteiger partial charge is 0.163 e. The molecule has 0 spiro atoms. The number of benzene rings is 3. The van der Waals surface area contributed by atoms with Crippen LogP contribution in [0.1, 0.15) is 11.1 Å². The van der Waals surface area contributed by atoms with Gasteiger partial charge in [-0.2, -0.15) is 0 Å². The highest BCUT2D eigenvalue weighted by atomic mass is 35.5. The van der Waals surface area contributed by atoms with Crippen molar-refractivity contribution in [3.8, 4) is 17.2 Å². The standard InChI is InChI=1S/C24H22N2O3.ClH/c1-16-8-9-18(12-22(16)27)26-20-10-11-25-21-14-24(23(28-2)13-19(20)21)29-15-17-6-4-3-5-7-17;/h3-14,27H,15H2,1-2H3,(H,25,26);1H. The fourth-order valence-electron chi connectivity index (χ4n) is 3.11. The Labute approximate surface area is 181 Å². The van der Waals surface area contributed by atoms with Crippen molar-refractivity contribution < 1.29 is 14.6 Å². The predicted molar refractivity (Wildman–Crippen MR) is 122 cm³/mol. The van der Waals surface area contributed by atoms with Gasteiger partial charge < -0.3 is 19.9 Å². The van der Waals surface area contributed by atoms with Gasteiger partial charge in [-0.1, -0.05) is 36.4 Å². The number of methoxy groups -OCH3 is 1. The van der Waals surface area contributed by atoms with Gasteiger partial charge in [0.2, 0.25) is 0 Å². The monoisotopic (exact) mass is 422 g/mol. The molecule has 0 amide bonds. The molecule has 0 unspecified atom stereocenters. The minimum Gasteiger partial charge on any atom is -0.508 e. The minimum absolute atomic E-state index is 0. The zero-order valence-corrected chi connectivity index (χ0v) is 17.6. The molecule has 5 nitrogen and oxygen atoms in total. The topological polar surface area (TPSA) is 63.6 Å². The summed E-state index contributed by atoms with van der Waals surface area (Å²) in [6, 6.07) is 21.2. The van der Waals surface area contributed by atoms with Crippen LogP contribution in [-0.4, -0.2) is 17.2 Å². The normalized spacial score (nSPS) is 10.3. The SMILES string of the molecule is COc1cc2c(Nc3ccc(C)c(O)c3)ccnc2cc1OCc1ccccc1.Cl. The maximum atomic E-state index is 9.97. The summed E-state index contributed by atoms with van der Waals surface area (Å²) in [4.78, 5) is 4.48. The third kappa shape index (κ3) is 4.58. The zero-order valence-electron chi connectivity index (χ0n) is 16.8. The summed E-state index contributed by atoms with van der Waals surface area (Å²) in [6.45, 7) is 2.31. The number of hydrogen-bond donors (Lipinski definition) is 2. The molecule has 6 heteroatoms. The number of phenols is 1. The maximum Gasteiger partial charge on any atom is 0.163 e. The van der Waals surface area contributed by atoms with Crippen LogP contribution in [0.3, 0.4) is 0 Å². The lowest BCUT2D eigenvalue weighted by atomic mass is 10.1. The van der Waals surface area contributed by atoms with Crippen molar-refractivity contribution in [1.82, 2.24) is 4.98 Å². The zero-order chi connectivity index (χ0) is 20.2. The first-order chi connectivity index (χ1) is 14.1.